The maximum absolute atomic E-state index is 13.2. The second kappa shape index (κ2) is 11.3. The molecule has 0 atom stereocenters. The fraction of sp³-hybridized carbons (Fsp3) is 0.214. The molecule has 0 fully saturated rings. The normalized spacial score (nSPS) is 13.1. The van der Waals surface area contributed by atoms with E-state index in [2.05, 4.69) is 5.32 Å². The van der Waals surface area contributed by atoms with Gasteiger partial charge in [-0.25, -0.2) is 4.99 Å². The monoisotopic (exact) mass is 538 g/mol. The number of carbonyl (C=O) groups is 1. The van der Waals surface area contributed by atoms with Crippen molar-refractivity contribution in [1.29, 1.82) is 0 Å². The summed E-state index contributed by atoms with van der Waals surface area (Å²) in [7, 11) is 0. The predicted octanol–water partition coefficient (Wildman–Crippen LogP) is 7.79. The summed E-state index contributed by atoms with van der Waals surface area (Å²) in [5.41, 5.74) is 3.37. The largest absolute Gasteiger partial charge is 0.488 e. The van der Waals surface area contributed by atoms with Crippen LogP contribution in [0.2, 0.25) is 10.0 Å². The molecule has 1 aliphatic carbocycles. The minimum atomic E-state index is -0.140. The van der Waals surface area contributed by atoms with Crippen LogP contribution < -0.4 is 10.1 Å². The summed E-state index contributed by atoms with van der Waals surface area (Å²) < 4.78 is 11.4. The maximum Gasteiger partial charge on any atom is 0.255 e. The highest BCUT2D eigenvalue weighted by molar-refractivity contribution is 7.16. The van der Waals surface area contributed by atoms with E-state index in [0.29, 0.717) is 45.3 Å². The van der Waals surface area contributed by atoms with E-state index in [0.717, 1.165) is 42.4 Å². The van der Waals surface area contributed by atoms with E-state index in [9.17, 15) is 4.79 Å². The number of nitrogens with zero attached hydrogens (tertiary/aromatic N) is 1. The topological polar surface area (TPSA) is 63.8 Å². The van der Waals surface area contributed by atoms with Gasteiger partial charge in [-0.1, -0.05) is 41.4 Å². The Morgan fingerprint density at radius 1 is 1.11 bits per heavy atom. The first-order valence-electron chi connectivity index (χ1n) is 11.7. The number of hydrogen-bond donors (Lipinski definition) is 1. The van der Waals surface area contributed by atoms with Gasteiger partial charge in [0.2, 0.25) is 0 Å². The van der Waals surface area contributed by atoms with Crippen LogP contribution in [0.25, 0.3) is 0 Å². The molecule has 1 aliphatic rings. The van der Waals surface area contributed by atoms with Crippen LogP contribution in [0.4, 0.5) is 5.00 Å². The highest BCUT2D eigenvalue weighted by Crippen LogP contribution is 2.40. The first kappa shape index (κ1) is 24.6. The minimum absolute atomic E-state index is 0.140. The Bertz CT molecular complexity index is 1400. The molecule has 5 rings (SSSR count). The van der Waals surface area contributed by atoms with Gasteiger partial charge >= 0.3 is 0 Å². The number of amides is 1. The van der Waals surface area contributed by atoms with Gasteiger partial charge < -0.3 is 14.5 Å². The van der Waals surface area contributed by atoms with Crippen molar-refractivity contribution in [1.82, 2.24) is 5.32 Å². The van der Waals surface area contributed by atoms with Gasteiger partial charge in [0.05, 0.1) is 18.4 Å². The van der Waals surface area contributed by atoms with Gasteiger partial charge in [0.15, 0.2) is 0 Å². The fourth-order valence-corrected chi connectivity index (χ4v) is 5.80. The standard InChI is InChI=1S/C28H24Cl2N2O3S/c29-20-11-12-24(35-17-18-6-1-3-9-23(18)30)19(14-20)15-32-28-26(22-8-2-4-10-25(22)36-28)27(33)31-16-21-7-5-13-34-21/h1,3,5-7,9,11-15H,2,4,8,10,16-17H2,(H,31,33). The number of furan rings is 1. The number of halogens is 2. The van der Waals surface area contributed by atoms with Crippen LogP contribution >= 0.6 is 34.5 Å². The number of carbonyl (C=O) groups excluding carboxylic acids is 1. The average molecular weight is 539 g/mol. The first-order chi connectivity index (χ1) is 17.6. The molecule has 0 spiro atoms. The Kier molecular flexibility index (Phi) is 7.75. The molecule has 2 aromatic heterocycles. The van der Waals surface area contributed by atoms with Crippen molar-refractivity contribution >= 4 is 51.7 Å². The first-order valence-corrected chi connectivity index (χ1v) is 13.3. The molecular weight excluding hydrogens is 515 g/mol. The lowest BCUT2D eigenvalue weighted by molar-refractivity contribution is 0.0948. The molecule has 184 valence electrons. The molecule has 36 heavy (non-hydrogen) atoms. The van der Waals surface area contributed by atoms with Crippen LogP contribution in [-0.4, -0.2) is 12.1 Å². The number of benzene rings is 2. The third-order valence-corrected chi connectivity index (χ3v) is 7.82. The van der Waals surface area contributed by atoms with Crippen LogP contribution in [0.15, 0.2) is 70.3 Å². The molecule has 8 heteroatoms. The Morgan fingerprint density at radius 3 is 2.81 bits per heavy atom. The summed E-state index contributed by atoms with van der Waals surface area (Å²) in [6.07, 6.45) is 7.36. The second-order valence-electron chi connectivity index (χ2n) is 8.47. The van der Waals surface area contributed by atoms with Gasteiger partial charge in [-0.05, 0) is 67.6 Å². The molecule has 0 saturated heterocycles. The van der Waals surface area contributed by atoms with E-state index in [1.807, 2.05) is 36.4 Å². The molecule has 4 aromatic rings. The maximum atomic E-state index is 13.2. The Hall–Kier alpha value is -3.06. The highest BCUT2D eigenvalue weighted by Gasteiger charge is 2.25. The molecule has 0 aliphatic heterocycles. The van der Waals surface area contributed by atoms with Crippen molar-refractivity contribution in [3.63, 3.8) is 0 Å². The van der Waals surface area contributed by atoms with Crippen molar-refractivity contribution in [3.05, 3.63) is 104 Å². The number of aryl methyl sites for hydroxylation is 1. The van der Waals surface area contributed by atoms with E-state index < -0.39 is 0 Å². The van der Waals surface area contributed by atoms with Crippen molar-refractivity contribution in [2.45, 2.75) is 38.8 Å². The van der Waals surface area contributed by atoms with Crippen molar-refractivity contribution in [3.8, 4) is 5.75 Å². The molecule has 2 aromatic carbocycles. The van der Waals surface area contributed by atoms with Crippen molar-refractivity contribution in [2.75, 3.05) is 0 Å². The zero-order valence-electron chi connectivity index (χ0n) is 19.4. The molecule has 1 N–H and O–H groups in total. The Labute approximate surface area is 223 Å². The summed E-state index contributed by atoms with van der Waals surface area (Å²) in [4.78, 5) is 19.2. The van der Waals surface area contributed by atoms with E-state index in [1.165, 1.54) is 4.88 Å². The molecule has 2 heterocycles. The van der Waals surface area contributed by atoms with Gasteiger partial charge in [0.25, 0.3) is 5.91 Å². The van der Waals surface area contributed by atoms with E-state index >= 15 is 0 Å². The van der Waals surface area contributed by atoms with E-state index in [4.69, 9.17) is 37.3 Å². The molecule has 0 radical (unpaired) electrons. The van der Waals surface area contributed by atoms with Gasteiger partial charge in [0.1, 0.15) is 23.1 Å². The number of ether oxygens (including phenoxy) is 1. The van der Waals surface area contributed by atoms with Crippen LogP contribution in [0, 0.1) is 0 Å². The Morgan fingerprint density at radius 2 is 1.97 bits per heavy atom. The number of thiophene rings is 1. The van der Waals surface area contributed by atoms with Crippen LogP contribution in [0.5, 0.6) is 5.75 Å². The SMILES string of the molecule is O=C(NCc1ccco1)c1c(N=Cc2cc(Cl)ccc2OCc2ccccc2Cl)sc2c1CCCC2. The third-order valence-electron chi connectivity index (χ3n) is 6.02. The van der Waals surface area contributed by atoms with Crippen LogP contribution in [0.1, 0.15) is 50.5 Å². The van der Waals surface area contributed by atoms with Crippen LogP contribution in [0.3, 0.4) is 0 Å². The molecule has 1 amide bonds. The summed E-state index contributed by atoms with van der Waals surface area (Å²) in [6.45, 7) is 0.643. The van der Waals surface area contributed by atoms with Crippen LogP contribution in [-0.2, 0) is 26.0 Å². The molecule has 0 saturated carbocycles. The zero-order chi connectivity index (χ0) is 24.9. The van der Waals surface area contributed by atoms with Crippen molar-refractivity contribution in [2.24, 2.45) is 4.99 Å². The third kappa shape index (κ3) is 5.67. The quantitative estimate of drug-likeness (QED) is 0.233. The van der Waals surface area contributed by atoms with Gasteiger partial charge in [-0.2, -0.15) is 0 Å². The number of fused-ring (bicyclic) bond motifs is 1. The minimum Gasteiger partial charge on any atom is -0.488 e. The smallest absolute Gasteiger partial charge is 0.255 e. The lowest BCUT2D eigenvalue weighted by atomic mass is 9.95. The van der Waals surface area contributed by atoms with Gasteiger partial charge in [-0.3, -0.25) is 4.79 Å². The fourth-order valence-electron chi connectivity index (χ4n) is 4.20. The predicted molar refractivity (Wildman–Crippen MR) is 145 cm³/mol. The second-order valence-corrected chi connectivity index (χ2v) is 10.4. The molecule has 0 unspecified atom stereocenters. The summed E-state index contributed by atoms with van der Waals surface area (Å²) in [6, 6.07) is 16.6. The lowest BCUT2D eigenvalue weighted by Gasteiger charge is -2.12. The van der Waals surface area contributed by atoms with Gasteiger partial charge in [0, 0.05) is 32.3 Å². The van der Waals surface area contributed by atoms with E-state index in [-0.39, 0.29) is 5.91 Å². The number of nitrogens with one attached hydrogen (secondary N) is 1. The summed E-state index contributed by atoms with van der Waals surface area (Å²) in [5.74, 6) is 1.20. The summed E-state index contributed by atoms with van der Waals surface area (Å²) in [5, 5.41) is 4.89. The number of hydrogen-bond acceptors (Lipinski definition) is 5. The van der Waals surface area contributed by atoms with Crippen molar-refractivity contribution < 1.29 is 13.9 Å². The molecular formula is C28H24Cl2N2O3S. The number of rotatable bonds is 8. The molecule has 0 bridgehead atoms. The zero-order valence-corrected chi connectivity index (χ0v) is 21.8. The highest BCUT2D eigenvalue weighted by atomic mass is 35.5. The Balaban J connectivity index is 1.41. The average Bonchev–Trinajstić information content (AvgIpc) is 3.54. The van der Waals surface area contributed by atoms with E-state index in [1.54, 1.807) is 42.0 Å². The summed E-state index contributed by atoms with van der Waals surface area (Å²) >= 11 is 14.2. The molecule has 5 nitrogen and oxygen atoms in total. The van der Waals surface area contributed by atoms with Gasteiger partial charge in [-0.15, -0.1) is 11.3 Å². The number of aliphatic imine (C=N–C) groups is 1. The lowest BCUT2D eigenvalue weighted by Crippen LogP contribution is -2.23.